The van der Waals surface area contributed by atoms with Crippen LogP contribution in [0.25, 0.3) is 0 Å². The molecule has 214 valence electrons. The summed E-state index contributed by atoms with van der Waals surface area (Å²) in [4.78, 5) is 67.0. The number of nitro benzene ring substituents is 4. The number of benzene rings is 2. The zero-order valence-electron chi connectivity index (χ0n) is 20.8. The Kier molecular flexibility index (Phi) is 10.6. The minimum atomic E-state index is -2.44. The first kappa shape index (κ1) is 31.1. The van der Waals surface area contributed by atoms with E-state index in [1.165, 1.54) is 0 Å². The van der Waals surface area contributed by atoms with Gasteiger partial charge in [-0.25, -0.2) is 9.59 Å². The van der Waals surface area contributed by atoms with Gasteiger partial charge < -0.3 is 20.9 Å². The Hall–Kier alpha value is -5.10. The lowest BCUT2D eigenvalue weighted by atomic mass is 9.93. The summed E-state index contributed by atoms with van der Waals surface area (Å²) in [5.74, 6) is -2.67. The van der Waals surface area contributed by atoms with Gasteiger partial charge in [-0.1, -0.05) is 12.8 Å². The maximum Gasteiger partial charge on any atom is 0.338 e. The van der Waals surface area contributed by atoms with Gasteiger partial charge in [0.05, 0.1) is 43.0 Å². The van der Waals surface area contributed by atoms with E-state index in [0.29, 0.717) is 31.5 Å². The number of nitrogens with two attached hydrogens (primary N) is 2. The Balaban J connectivity index is 2.27. The maximum atomic E-state index is 13.0. The average Bonchev–Trinajstić information content (AvgIpc) is 2.91. The van der Waals surface area contributed by atoms with Crippen LogP contribution in [-0.2, 0) is 32.3 Å². The van der Waals surface area contributed by atoms with Gasteiger partial charge in [-0.2, -0.15) is 0 Å². The molecule has 0 aliphatic rings. The van der Waals surface area contributed by atoms with Gasteiger partial charge in [-0.05, 0) is 31.5 Å². The lowest BCUT2D eigenvalue weighted by Crippen LogP contribution is -2.56. The first-order valence-electron chi connectivity index (χ1n) is 11.5. The van der Waals surface area contributed by atoms with Gasteiger partial charge in [0, 0.05) is 12.1 Å². The molecule has 2 aromatic rings. The summed E-state index contributed by atoms with van der Waals surface area (Å²) in [5, 5.41) is 44.6. The highest BCUT2D eigenvalue weighted by Gasteiger charge is 2.45. The molecule has 0 aromatic heterocycles. The van der Waals surface area contributed by atoms with Crippen LogP contribution in [0.4, 0.5) is 22.7 Å². The molecule has 2 rings (SSSR count). The summed E-state index contributed by atoms with van der Waals surface area (Å²) >= 11 is 0. The SMILES string of the molecule is NCCCCCC(N)(C(=O)OCc1ccc([N+](=O)[O-])cc1[N+](=O)[O-])C(=O)OCc1ccc([N+](=O)[O-])cc1[N+](=O)[O-]. The Morgan fingerprint density at radius 2 is 1.12 bits per heavy atom. The average molecular weight is 564 g/mol. The van der Waals surface area contributed by atoms with Crippen LogP contribution in [0.2, 0.25) is 0 Å². The quantitative estimate of drug-likeness (QED) is 0.103. The summed E-state index contributed by atoms with van der Waals surface area (Å²) in [5.41, 5.74) is 6.10. The molecule has 0 bridgehead atoms. The van der Waals surface area contributed by atoms with Crippen molar-refractivity contribution in [2.75, 3.05) is 6.54 Å². The van der Waals surface area contributed by atoms with Crippen molar-refractivity contribution in [3.63, 3.8) is 0 Å². The van der Waals surface area contributed by atoms with Gasteiger partial charge in [0.2, 0.25) is 5.54 Å². The second-order valence-corrected chi connectivity index (χ2v) is 8.38. The molecule has 0 atom stereocenters. The molecular formula is C22H24N6O12. The van der Waals surface area contributed by atoms with Crippen LogP contribution in [0, 0.1) is 40.5 Å². The monoisotopic (exact) mass is 564 g/mol. The van der Waals surface area contributed by atoms with Crippen LogP contribution < -0.4 is 11.5 Å². The fourth-order valence-corrected chi connectivity index (χ4v) is 3.47. The third-order valence-electron chi connectivity index (χ3n) is 5.67. The maximum absolute atomic E-state index is 13.0. The number of hydrogen-bond acceptors (Lipinski definition) is 14. The third kappa shape index (κ3) is 7.71. The molecule has 0 heterocycles. The highest BCUT2D eigenvalue weighted by Crippen LogP contribution is 2.28. The minimum Gasteiger partial charge on any atom is -0.459 e. The second kappa shape index (κ2) is 13.6. The van der Waals surface area contributed by atoms with Gasteiger partial charge in [-0.15, -0.1) is 0 Å². The van der Waals surface area contributed by atoms with Crippen LogP contribution in [-0.4, -0.2) is 43.7 Å². The van der Waals surface area contributed by atoms with Gasteiger partial charge in [0.15, 0.2) is 0 Å². The lowest BCUT2D eigenvalue weighted by Gasteiger charge is -2.25. The largest absolute Gasteiger partial charge is 0.459 e. The number of hydrogen-bond donors (Lipinski definition) is 2. The van der Waals surface area contributed by atoms with Gasteiger partial charge >= 0.3 is 11.9 Å². The first-order valence-corrected chi connectivity index (χ1v) is 11.5. The number of esters is 2. The van der Waals surface area contributed by atoms with Crippen molar-refractivity contribution in [2.45, 2.75) is 44.4 Å². The smallest absolute Gasteiger partial charge is 0.338 e. The van der Waals surface area contributed by atoms with E-state index in [1.807, 2.05) is 0 Å². The molecule has 0 saturated heterocycles. The number of rotatable bonds is 15. The highest BCUT2D eigenvalue weighted by atomic mass is 16.6. The van der Waals surface area contributed by atoms with Gasteiger partial charge in [0.1, 0.15) is 13.2 Å². The zero-order chi connectivity index (χ0) is 30.0. The van der Waals surface area contributed by atoms with Crippen LogP contribution in [0.15, 0.2) is 36.4 Å². The van der Waals surface area contributed by atoms with Crippen molar-refractivity contribution in [2.24, 2.45) is 11.5 Å². The number of nitrogens with zero attached hydrogens (tertiary/aromatic N) is 4. The predicted octanol–water partition coefficient (Wildman–Crippen LogP) is 2.32. The molecule has 18 nitrogen and oxygen atoms in total. The number of carbonyl (C=O) groups excluding carboxylic acids is 2. The summed E-state index contributed by atoms with van der Waals surface area (Å²) < 4.78 is 10.1. The zero-order valence-corrected chi connectivity index (χ0v) is 20.8. The summed E-state index contributed by atoms with van der Waals surface area (Å²) in [6.45, 7) is -1.22. The summed E-state index contributed by atoms with van der Waals surface area (Å²) in [6.07, 6.45) is 0.879. The summed E-state index contributed by atoms with van der Waals surface area (Å²) in [7, 11) is 0. The fourth-order valence-electron chi connectivity index (χ4n) is 3.47. The molecule has 18 heteroatoms. The number of non-ortho nitro benzene ring substituents is 2. The Morgan fingerprint density at radius 3 is 1.48 bits per heavy atom. The molecule has 2 aromatic carbocycles. The van der Waals surface area contributed by atoms with E-state index in [1.54, 1.807) is 0 Å². The second-order valence-electron chi connectivity index (χ2n) is 8.38. The van der Waals surface area contributed by atoms with Crippen LogP contribution >= 0.6 is 0 Å². The molecule has 0 radical (unpaired) electrons. The first-order chi connectivity index (χ1) is 18.8. The molecule has 0 unspecified atom stereocenters. The van der Waals surface area contributed by atoms with E-state index in [0.717, 1.165) is 24.3 Å². The molecule has 0 fully saturated rings. The van der Waals surface area contributed by atoms with Crippen molar-refractivity contribution in [3.05, 3.63) is 88.0 Å². The molecule has 0 saturated carbocycles. The third-order valence-corrected chi connectivity index (χ3v) is 5.67. The van der Waals surface area contributed by atoms with E-state index < -0.39 is 73.1 Å². The van der Waals surface area contributed by atoms with Crippen LogP contribution in [0.1, 0.15) is 36.8 Å². The van der Waals surface area contributed by atoms with E-state index in [4.69, 9.17) is 20.9 Å². The molecule has 40 heavy (non-hydrogen) atoms. The van der Waals surface area contributed by atoms with Crippen LogP contribution in [0.3, 0.4) is 0 Å². The predicted molar refractivity (Wildman–Crippen MR) is 134 cm³/mol. The van der Waals surface area contributed by atoms with E-state index in [2.05, 4.69) is 0 Å². The number of nitro groups is 4. The van der Waals surface area contributed by atoms with E-state index in [9.17, 15) is 50.0 Å². The Labute approximate surface area is 224 Å². The van der Waals surface area contributed by atoms with E-state index in [-0.39, 0.29) is 24.0 Å². The molecule has 0 aliphatic heterocycles. The number of ether oxygens (including phenoxy) is 2. The fraction of sp³-hybridized carbons (Fsp3) is 0.364. The number of carbonyl (C=O) groups is 2. The Morgan fingerprint density at radius 1 is 0.700 bits per heavy atom. The van der Waals surface area contributed by atoms with E-state index >= 15 is 0 Å². The van der Waals surface area contributed by atoms with Crippen molar-refractivity contribution >= 4 is 34.7 Å². The summed E-state index contributed by atoms with van der Waals surface area (Å²) in [6, 6.07) is 5.30. The standard InChI is InChI=1S/C22H24N6O12/c23-9-3-1-2-8-22(24,20(29)39-12-14-4-6-16(25(31)32)10-18(14)27(35)36)21(30)40-13-15-5-7-17(26(33)34)11-19(15)28(37)38/h4-7,10-11H,1-3,8-9,12-13,23-24H2. The van der Waals surface area contributed by atoms with Gasteiger partial charge in [0.25, 0.3) is 22.7 Å². The molecule has 0 spiro atoms. The van der Waals surface area contributed by atoms with Crippen LogP contribution in [0.5, 0.6) is 0 Å². The molecule has 0 amide bonds. The molecule has 4 N–H and O–H groups in total. The van der Waals surface area contributed by atoms with Crippen molar-refractivity contribution in [1.82, 2.24) is 0 Å². The van der Waals surface area contributed by atoms with Crippen molar-refractivity contribution in [1.29, 1.82) is 0 Å². The molecule has 0 aliphatic carbocycles. The number of unbranched alkanes of at least 4 members (excludes halogenated alkanes) is 2. The van der Waals surface area contributed by atoms with Gasteiger partial charge in [-0.3, -0.25) is 40.5 Å². The highest BCUT2D eigenvalue weighted by molar-refractivity contribution is 6.04. The Bertz CT molecular complexity index is 1240. The topological polar surface area (TPSA) is 277 Å². The van der Waals surface area contributed by atoms with Crippen molar-refractivity contribution < 1.29 is 38.8 Å². The van der Waals surface area contributed by atoms with Crippen molar-refractivity contribution in [3.8, 4) is 0 Å². The molecular weight excluding hydrogens is 540 g/mol. The lowest BCUT2D eigenvalue weighted by molar-refractivity contribution is -0.395. The minimum absolute atomic E-state index is 0.202. The normalized spacial score (nSPS) is 10.9.